The Morgan fingerprint density at radius 1 is 1.09 bits per heavy atom. The quantitative estimate of drug-likeness (QED) is 0.807. The van der Waals surface area contributed by atoms with Crippen molar-refractivity contribution < 1.29 is 19.1 Å². The molecule has 0 saturated carbocycles. The van der Waals surface area contributed by atoms with E-state index in [-0.39, 0.29) is 0 Å². The number of ether oxygens (including phenoxy) is 2. The van der Waals surface area contributed by atoms with Gasteiger partial charge in [-0.05, 0) is 43.3 Å². The Labute approximate surface area is 142 Å². The third kappa shape index (κ3) is 4.56. The molecule has 2 rings (SSSR count). The van der Waals surface area contributed by atoms with E-state index in [1.807, 2.05) is 0 Å². The van der Waals surface area contributed by atoms with E-state index in [0.29, 0.717) is 17.0 Å². The van der Waals surface area contributed by atoms with Crippen molar-refractivity contribution in [1.29, 1.82) is 0 Å². The summed E-state index contributed by atoms with van der Waals surface area (Å²) < 4.78 is 11.2. The molecule has 0 bridgehead atoms. The molecule has 0 fully saturated rings. The molecule has 0 saturated heterocycles. The zero-order valence-corrected chi connectivity index (χ0v) is 14.3. The van der Waals surface area contributed by atoms with Crippen LogP contribution in [0, 0.1) is 0 Å². The molecule has 0 heterocycles. The second-order valence-electron chi connectivity index (χ2n) is 4.74. The smallest absolute Gasteiger partial charge is 0.338 e. The number of para-hydroxylation sites is 2. The number of carbonyl (C=O) groups is 2. The average Bonchev–Trinajstić information content (AvgIpc) is 2.55. The van der Waals surface area contributed by atoms with E-state index < -0.39 is 18.0 Å². The molecular weight excluding hydrogens is 362 g/mol. The number of anilines is 1. The minimum atomic E-state index is -0.934. The first-order valence-electron chi connectivity index (χ1n) is 6.91. The fourth-order valence-corrected chi connectivity index (χ4v) is 2.11. The molecule has 0 aliphatic carbocycles. The van der Waals surface area contributed by atoms with Crippen molar-refractivity contribution in [2.24, 2.45) is 0 Å². The van der Waals surface area contributed by atoms with Crippen molar-refractivity contribution in [1.82, 2.24) is 0 Å². The first-order valence-corrected chi connectivity index (χ1v) is 7.71. The Balaban J connectivity index is 1.99. The van der Waals surface area contributed by atoms with Gasteiger partial charge < -0.3 is 14.8 Å². The number of halogens is 1. The molecule has 0 unspecified atom stereocenters. The number of rotatable bonds is 5. The number of esters is 1. The number of carbonyl (C=O) groups excluding carboxylic acids is 2. The molecule has 0 aliphatic rings. The Morgan fingerprint density at radius 2 is 1.74 bits per heavy atom. The highest BCUT2D eigenvalue weighted by atomic mass is 79.9. The van der Waals surface area contributed by atoms with Gasteiger partial charge in [-0.15, -0.1) is 0 Å². The number of amides is 1. The van der Waals surface area contributed by atoms with Gasteiger partial charge >= 0.3 is 5.97 Å². The van der Waals surface area contributed by atoms with E-state index in [4.69, 9.17) is 9.47 Å². The van der Waals surface area contributed by atoms with Gasteiger partial charge in [0.05, 0.1) is 18.4 Å². The summed E-state index contributed by atoms with van der Waals surface area (Å²) in [6.45, 7) is 1.52. The second kappa shape index (κ2) is 7.78. The molecule has 1 amide bonds. The van der Waals surface area contributed by atoms with Crippen molar-refractivity contribution >= 4 is 33.5 Å². The van der Waals surface area contributed by atoms with Crippen LogP contribution in [0.3, 0.4) is 0 Å². The predicted molar refractivity (Wildman–Crippen MR) is 90.6 cm³/mol. The van der Waals surface area contributed by atoms with Crippen molar-refractivity contribution in [3.05, 3.63) is 58.6 Å². The van der Waals surface area contributed by atoms with Crippen molar-refractivity contribution in [3.8, 4) is 5.75 Å². The zero-order chi connectivity index (χ0) is 16.8. The van der Waals surface area contributed by atoms with Gasteiger partial charge in [0.1, 0.15) is 5.75 Å². The van der Waals surface area contributed by atoms with E-state index in [9.17, 15) is 9.59 Å². The summed E-state index contributed by atoms with van der Waals surface area (Å²) >= 11 is 3.29. The Bertz CT molecular complexity index is 700. The monoisotopic (exact) mass is 377 g/mol. The number of methoxy groups -OCH3 is 1. The van der Waals surface area contributed by atoms with Crippen molar-refractivity contribution in [3.63, 3.8) is 0 Å². The van der Waals surface area contributed by atoms with Crippen LogP contribution in [-0.4, -0.2) is 25.1 Å². The third-order valence-corrected chi connectivity index (χ3v) is 3.63. The fourth-order valence-electron chi connectivity index (χ4n) is 1.85. The minimum absolute atomic E-state index is 0.380. The van der Waals surface area contributed by atoms with Gasteiger partial charge in [-0.25, -0.2) is 4.79 Å². The number of nitrogens with one attached hydrogen (secondary N) is 1. The van der Waals surface area contributed by atoms with Gasteiger partial charge in [0.2, 0.25) is 0 Å². The molecular formula is C17H16BrNO4. The summed E-state index contributed by atoms with van der Waals surface area (Å²) in [7, 11) is 1.52. The number of hydrogen-bond donors (Lipinski definition) is 1. The SMILES string of the molecule is COc1ccccc1NC(=O)[C@H](C)OC(=O)c1ccc(Br)cc1. The van der Waals surface area contributed by atoms with Gasteiger partial charge in [0.15, 0.2) is 6.10 Å². The average molecular weight is 378 g/mol. The Morgan fingerprint density at radius 3 is 2.39 bits per heavy atom. The molecule has 2 aromatic rings. The van der Waals surface area contributed by atoms with Crippen LogP contribution in [0.4, 0.5) is 5.69 Å². The van der Waals surface area contributed by atoms with Crippen molar-refractivity contribution in [2.75, 3.05) is 12.4 Å². The highest BCUT2D eigenvalue weighted by molar-refractivity contribution is 9.10. The number of hydrogen-bond acceptors (Lipinski definition) is 4. The van der Waals surface area contributed by atoms with Crippen LogP contribution >= 0.6 is 15.9 Å². The largest absolute Gasteiger partial charge is 0.495 e. The molecule has 0 radical (unpaired) electrons. The summed E-state index contributed by atoms with van der Waals surface area (Å²) in [4.78, 5) is 24.2. The Kier molecular flexibility index (Phi) is 5.76. The van der Waals surface area contributed by atoms with E-state index in [2.05, 4.69) is 21.2 Å². The second-order valence-corrected chi connectivity index (χ2v) is 5.66. The van der Waals surface area contributed by atoms with Crippen molar-refractivity contribution in [2.45, 2.75) is 13.0 Å². The van der Waals surface area contributed by atoms with Crippen LogP contribution in [0.2, 0.25) is 0 Å². The van der Waals surface area contributed by atoms with Gasteiger partial charge in [0, 0.05) is 4.47 Å². The Hall–Kier alpha value is -2.34. The highest BCUT2D eigenvalue weighted by Crippen LogP contribution is 2.23. The summed E-state index contributed by atoms with van der Waals surface area (Å²) in [5, 5.41) is 2.68. The minimum Gasteiger partial charge on any atom is -0.495 e. The third-order valence-electron chi connectivity index (χ3n) is 3.10. The zero-order valence-electron chi connectivity index (χ0n) is 12.7. The predicted octanol–water partition coefficient (Wildman–Crippen LogP) is 3.64. The van der Waals surface area contributed by atoms with Gasteiger partial charge in [-0.3, -0.25) is 4.79 Å². The van der Waals surface area contributed by atoms with Crippen LogP contribution in [0.5, 0.6) is 5.75 Å². The maximum atomic E-state index is 12.2. The van der Waals surface area contributed by atoms with Gasteiger partial charge in [-0.2, -0.15) is 0 Å². The summed E-state index contributed by atoms with van der Waals surface area (Å²) in [5.74, 6) is -0.451. The fraction of sp³-hybridized carbons (Fsp3) is 0.176. The lowest BCUT2D eigenvalue weighted by molar-refractivity contribution is -0.123. The van der Waals surface area contributed by atoms with Crippen LogP contribution in [0.1, 0.15) is 17.3 Å². The summed E-state index contributed by atoms with van der Waals surface area (Å²) in [6.07, 6.45) is -0.934. The van der Waals surface area contributed by atoms with Crippen LogP contribution in [0.25, 0.3) is 0 Å². The standard InChI is InChI=1S/C17H16BrNO4/c1-11(23-17(21)12-7-9-13(18)10-8-12)16(20)19-14-5-3-4-6-15(14)22-2/h3-11H,1-2H3,(H,19,20)/t11-/m0/s1. The molecule has 1 N–H and O–H groups in total. The lowest BCUT2D eigenvalue weighted by Crippen LogP contribution is -2.30. The molecule has 0 aromatic heterocycles. The van der Waals surface area contributed by atoms with Crippen LogP contribution in [-0.2, 0) is 9.53 Å². The van der Waals surface area contributed by atoms with Crippen LogP contribution in [0.15, 0.2) is 53.0 Å². The molecule has 120 valence electrons. The maximum Gasteiger partial charge on any atom is 0.338 e. The molecule has 6 heteroatoms. The first kappa shape index (κ1) is 17.0. The lowest BCUT2D eigenvalue weighted by Gasteiger charge is -2.15. The van der Waals surface area contributed by atoms with E-state index in [1.54, 1.807) is 48.5 Å². The highest BCUT2D eigenvalue weighted by Gasteiger charge is 2.20. The normalized spacial score (nSPS) is 11.4. The molecule has 0 spiro atoms. The molecule has 5 nitrogen and oxygen atoms in total. The number of benzene rings is 2. The molecule has 23 heavy (non-hydrogen) atoms. The lowest BCUT2D eigenvalue weighted by atomic mass is 10.2. The summed E-state index contributed by atoms with van der Waals surface area (Å²) in [5.41, 5.74) is 0.900. The van der Waals surface area contributed by atoms with Gasteiger partial charge in [0.25, 0.3) is 5.91 Å². The molecule has 0 aliphatic heterocycles. The summed E-state index contributed by atoms with van der Waals surface area (Å²) in [6, 6.07) is 13.7. The molecule has 1 atom stereocenters. The maximum absolute atomic E-state index is 12.2. The first-order chi connectivity index (χ1) is 11.0. The van der Waals surface area contributed by atoms with E-state index in [0.717, 1.165) is 4.47 Å². The van der Waals surface area contributed by atoms with E-state index in [1.165, 1.54) is 14.0 Å². The van der Waals surface area contributed by atoms with Gasteiger partial charge in [-0.1, -0.05) is 28.1 Å². The van der Waals surface area contributed by atoms with E-state index >= 15 is 0 Å². The van der Waals surface area contributed by atoms with Crippen LogP contribution < -0.4 is 10.1 Å². The topological polar surface area (TPSA) is 64.6 Å². The molecule has 2 aromatic carbocycles.